The minimum atomic E-state index is 0.476. The molecular weight excluding hydrogens is 230 g/mol. The Bertz CT molecular complexity index is 442. The molecule has 0 saturated carbocycles. The molecule has 2 aromatic rings. The molecule has 1 heterocycles. The highest BCUT2D eigenvalue weighted by atomic mass is 35.5. The van der Waals surface area contributed by atoms with Gasteiger partial charge in [0.25, 0.3) is 0 Å². The number of hydrogen-bond donors (Lipinski definition) is 2. The van der Waals surface area contributed by atoms with Crippen LogP contribution in [-0.4, -0.2) is 9.97 Å². The number of aromatic amines is 1. The van der Waals surface area contributed by atoms with Crippen molar-refractivity contribution in [1.82, 2.24) is 9.97 Å². The first-order chi connectivity index (χ1) is 7.29. The van der Waals surface area contributed by atoms with Gasteiger partial charge in [0.2, 0.25) is 0 Å². The molecular formula is C10H10ClN3S. The molecule has 1 aromatic heterocycles. The highest BCUT2D eigenvalue weighted by Gasteiger charge is 2.05. The average molecular weight is 240 g/mol. The van der Waals surface area contributed by atoms with Gasteiger partial charge in [0, 0.05) is 28.9 Å². The molecule has 3 N–H and O–H groups in total. The molecule has 0 atom stereocenters. The third kappa shape index (κ3) is 2.53. The van der Waals surface area contributed by atoms with Gasteiger partial charge in [-0.1, -0.05) is 23.4 Å². The Morgan fingerprint density at radius 1 is 1.47 bits per heavy atom. The van der Waals surface area contributed by atoms with Gasteiger partial charge in [0.15, 0.2) is 5.16 Å². The van der Waals surface area contributed by atoms with Gasteiger partial charge in [-0.05, 0) is 23.8 Å². The van der Waals surface area contributed by atoms with E-state index in [4.69, 9.17) is 17.3 Å². The summed E-state index contributed by atoms with van der Waals surface area (Å²) in [5, 5.41) is 1.56. The second kappa shape index (κ2) is 4.70. The standard InChI is InChI=1S/C10H10ClN3S/c11-8-1-2-9(7(5-8)6-12)15-10-13-3-4-14-10/h1-5H,6,12H2,(H,13,14). The van der Waals surface area contributed by atoms with Gasteiger partial charge in [0.05, 0.1) is 0 Å². The molecule has 0 aliphatic rings. The maximum atomic E-state index is 5.89. The third-order valence-corrected chi connectivity index (χ3v) is 3.19. The summed E-state index contributed by atoms with van der Waals surface area (Å²) in [5.41, 5.74) is 6.68. The quantitative estimate of drug-likeness (QED) is 0.866. The zero-order chi connectivity index (χ0) is 10.7. The van der Waals surface area contributed by atoms with Crippen molar-refractivity contribution in [2.75, 3.05) is 0 Å². The van der Waals surface area contributed by atoms with Crippen LogP contribution in [0, 0.1) is 0 Å². The van der Waals surface area contributed by atoms with Crippen molar-refractivity contribution in [3.05, 3.63) is 41.2 Å². The minimum Gasteiger partial charge on any atom is -0.339 e. The Balaban J connectivity index is 2.28. The SMILES string of the molecule is NCc1cc(Cl)ccc1Sc1ncc[nH]1. The van der Waals surface area contributed by atoms with Gasteiger partial charge >= 0.3 is 0 Å². The van der Waals surface area contributed by atoms with Crippen LogP contribution in [-0.2, 0) is 6.54 Å². The summed E-state index contributed by atoms with van der Waals surface area (Å²) >= 11 is 7.44. The van der Waals surface area contributed by atoms with Gasteiger partial charge in [-0.15, -0.1) is 0 Å². The van der Waals surface area contributed by atoms with E-state index in [1.165, 1.54) is 0 Å². The molecule has 5 heteroatoms. The number of nitrogens with zero attached hydrogens (tertiary/aromatic N) is 1. The molecule has 0 bridgehead atoms. The highest BCUT2D eigenvalue weighted by molar-refractivity contribution is 7.99. The Kier molecular flexibility index (Phi) is 3.30. The molecule has 1 aromatic carbocycles. The zero-order valence-electron chi connectivity index (χ0n) is 7.90. The molecule has 0 fully saturated rings. The molecule has 15 heavy (non-hydrogen) atoms. The lowest BCUT2D eigenvalue weighted by Gasteiger charge is -2.05. The minimum absolute atomic E-state index is 0.476. The lowest BCUT2D eigenvalue weighted by atomic mass is 10.2. The first kappa shape index (κ1) is 10.5. The lowest BCUT2D eigenvalue weighted by Crippen LogP contribution is -1.98. The first-order valence-corrected chi connectivity index (χ1v) is 5.65. The number of nitrogens with one attached hydrogen (secondary N) is 1. The molecule has 0 aliphatic heterocycles. The van der Waals surface area contributed by atoms with Crippen LogP contribution in [0.3, 0.4) is 0 Å². The van der Waals surface area contributed by atoms with Crippen LogP contribution in [0.1, 0.15) is 5.56 Å². The topological polar surface area (TPSA) is 54.7 Å². The van der Waals surface area contributed by atoms with Crippen LogP contribution in [0.2, 0.25) is 5.02 Å². The van der Waals surface area contributed by atoms with Gasteiger partial charge in [-0.3, -0.25) is 0 Å². The molecule has 0 aliphatic carbocycles. The molecule has 78 valence electrons. The number of H-pyrrole nitrogens is 1. The van der Waals surface area contributed by atoms with Crippen molar-refractivity contribution in [1.29, 1.82) is 0 Å². The second-order valence-corrected chi connectivity index (χ2v) is 4.42. The first-order valence-electron chi connectivity index (χ1n) is 4.45. The summed E-state index contributed by atoms with van der Waals surface area (Å²) < 4.78 is 0. The molecule has 0 unspecified atom stereocenters. The molecule has 0 amide bonds. The number of nitrogens with two attached hydrogens (primary N) is 1. The summed E-state index contributed by atoms with van der Waals surface area (Å²) in [6.45, 7) is 0.476. The van der Waals surface area contributed by atoms with Gasteiger partial charge in [-0.25, -0.2) is 4.98 Å². The summed E-state index contributed by atoms with van der Waals surface area (Å²) in [5.74, 6) is 0. The van der Waals surface area contributed by atoms with Crippen LogP contribution in [0.5, 0.6) is 0 Å². The fourth-order valence-electron chi connectivity index (χ4n) is 1.22. The number of aromatic nitrogens is 2. The van der Waals surface area contributed by atoms with Crippen LogP contribution in [0.15, 0.2) is 40.6 Å². The van der Waals surface area contributed by atoms with Crippen molar-refractivity contribution in [2.24, 2.45) is 5.73 Å². The van der Waals surface area contributed by atoms with Crippen LogP contribution in [0.4, 0.5) is 0 Å². The summed E-state index contributed by atoms with van der Waals surface area (Å²) in [7, 11) is 0. The third-order valence-electron chi connectivity index (χ3n) is 1.92. The number of rotatable bonds is 3. The molecule has 0 radical (unpaired) electrons. The monoisotopic (exact) mass is 239 g/mol. The van der Waals surface area contributed by atoms with E-state index in [1.807, 2.05) is 18.2 Å². The zero-order valence-corrected chi connectivity index (χ0v) is 9.48. The predicted octanol–water partition coefficient (Wildman–Crippen LogP) is 2.67. The van der Waals surface area contributed by atoms with E-state index in [9.17, 15) is 0 Å². The van der Waals surface area contributed by atoms with Crippen LogP contribution in [0.25, 0.3) is 0 Å². The van der Waals surface area contributed by atoms with E-state index >= 15 is 0 Å². The summed E-state index contributed by atoms with van der Waals surface area (Å²) in [6, 6.07) is 5.69. The molecule has 0 saturated heterocycles. The Labute approximate surface area is 97.0 Å². The van der Waals surface area contributed by atoms with Gasteiger partial charge in [-0.2, -0.15) is 0 Å². The smallest absolute Gasteiger partial charge is 0.170 e. The van der Waals surface area contributed by atoms with Crippen LogP contribution < -0.4 is 5.73 Å². The Morgan fingerprint density at radius 2 is 2.33 bits per heavy atom. The maximum Gasteiger partial charge on any atom is 0.170 e. The average Bonchev–Trinajstić information content (AvgIpc) is 2.73. The van der Waals surface area contributed by atoms with Gasteiger partial charge in [0.1, 0.15) is 0 Å². The molecule has 2 rings (SSSR count). The van der Waals surface area contributed by atoms with Crippen molar-refractivity contribution >= 4 is 23.4 Å². The van der Waals surface area contributed by atoms with Crippen molar-refractivity contribution in [2.45, 2.75) is 16.6 Å². The Morgan fingerprint density at radius 3 is 3.00 bits per heavy atom. The lowest BCUT2D eigenvalue weighted by molar-refractivity contribution is 1.01. The highest BCUT2D eigenvalue weighted by Crippen LogP contribution is 2.29. The van der Waals surface area contributed by atoms with Crippen molar-refractivity contribution < 1.29 is 0 Å². The normalized spacial score (nSPS) is 10.5. The van der Waals surface area contributed by atoms with Crippen LogP contribution >= 0.6 is 23.4 Å². The van der Waals surface area contributed by atoms with E-state index in [-0.39, 0.29) is 0 Å². The van der Waals surface area contributed by atoms with Crippen molar-refractivity contribution in [3.63, 3.8) is 0 Å². The van der Waals surface area contributed by atoms with E-state index in [1.54, 1.807) is 24.2 Å². The Hall–Kier alpha value is -0.970. The number of imidazole rings is 1. The molecule has 0 spiro atoms. The number of halogens is 1. The fraction of sp³-hybridized carbons (Fsp3) is 0.100. The summed E-state index contributed by atoms with van der Waals surface area (Å²) in [6.07, 6.45) is 3.51. The largest absolute Gasteiger partial charge is 0.339 e. The second-order valence-electron chi connectivity index (χ2n) is 2.95. The predicted molar refractivity (Wildman–Crippen MR) is 62.1 cm³/mol. The number of hydrogen-bond acceptors (Lipinski definition) is 3. The van der Waals surface area contributed by atoms with E-state index in [0.29, 0.717) is 11.6 Å². The summed E-state index contributed by atoms with van der Waals surface area (Å²) in [4.78, 5) is 8.25. The fourth-order valence-corrected chi connectivity index (χ4v) is 2.27. The van der Waals surface area contributed by atoms with E-state index in [2.05, 4.69) is 9.97 Å². The van der Waals surface area contributed by atoms with E-state index in [0.717, 1.165) is 15.6 Å². The number of benzene rings is 1. The van der Waals surface area contributed by atoms with E-state index < -0.39 is 0 Å². The maximum absolute atomic E-state index is 5.89. The van der Waals surface area contributed by atoms with Gasteiger partial charge < -0.3 is 10.7 Å². The molecule has 3 nitrogen and oxygen atoms in total. The van der Waals surface area contributed by atoms with Crippen molar-refractivity contribution in [3.8, 4) is 0 Å².